The number of hydrogen-bond donors (Lipinski definition) is 3. The molecule has 0 radical (unpaired) electrons. The van der Waals surface area contributed by atoms with E-state index in [0.717, 1.165) is 12.1 Å². The maximum atomic E-state index is 14.5. The third-order valence-corrected chi connectivity index (χ3v) is 8.89. The molecule has 0 spiro atoms. The summed E-state index contributed by atoms with van der Waals surface area (Å²) < 4.78 is 65.8. The van der Waals surface area contributed by atoms with Crippen LogP contribution in [0.5, 0.6) is 11.5 Å². The molecule has 2 atom stereocenters. The van der Waals surface area contributed by atoms with Gasteiger partial charge in [-0.15, -0.1) is 0 Å². The summed E-state index contributed by atoms with van der Waals surface area (Å²) in [6, 6.07) is 8.99. The lowest BCUT2D eigenvalue weighted by molar-refractivity contribution is -0.137. The number of pyridine rings is 2. The van der Waals surface area contributed by atoms with E-state index in [-0.39, 0.29) is 69.0 Å². The monoisotopic (exact) mass is 658 g/mol. The van der Waals surface area contributed by atoms with Gasteiger partial charge >= 0.3 is 6.18 Å². The molecule has 240 valence electrons. The minimum atomic E-state index is -4.65. The molecular formula is C32H27ClF4N4O5. The molecule has 3 heterocycles. The van der Waals surface area contributed by atoms with Crippen molar-refractivity contribution < 1.29 is 41.7 Å². The van der Waals surface area contributed by atoms with Gasteiger partial charge in [0.05, 0.1) is 29.9 Å². The fourth-order valence-corrected chi connectivity index (χ4v) is 5.75. The van der Waals surface area contributed by atoms with Crippen molar-refractivity contribution in [3.05, 3.63) is 81.9 Å². The van der Waals surface area contributed by atoms with E-state index < -0.39 is 40.4 Å². The van der Waals surface area contributed by atoms with Gasteiger partial charge < -0.3 is 25.6 Å². The molecule has 0 saturated heterocycles. The van der Waals surface area contributed by atoms with Crippen LogP contribution in [0, 0.1) is 11.7 Å². The van der Waals surface area contributed by atoms with Gasteiger partial charge in [0.25, 0.3) is 5.91 Å². The number of nitrogens with zero attached hydrogens (tertiary/aromatic N) is 2. The largest absolute Gasteiger partial charge is 0.494 e. The molecule has 2 amide bonds. The fraction of sp³-hybridized carbons (Fsp3) is 0.312. The first kappa shape index (κ1) is 31.5. The molecule has 2 aliphatic rings. The highest BCUT2D eigenvalue weighted by Crippen LogP contribution is 2.50. The number of carbonyl (C=O) groups excluding carboxylic acids is 2. The standard InChI is InChI=1S/C32H27ClF4N4O5/c1-30(29(38)43)14-46-27-20(30)11-24(41-26(27)15-3-6-21(33)22(34)9-15)31(44,18-4-5-18)13-40-28(42)17-7-16-8-19(32(35,36)37)12-39-25(16)23(10-17)45-2/h3,6-12,18,44H,4-5,13-14H2,1-2H3,(H2,38,43)(H,40,42)/t30-,31?/m0/s1. The molecule has 2 aromatic heterocycles. The number of carbonyl (C=O) groups is 2. The van der Waals surface area contributed by atoms with Crippen LogP contribution in [0.2, 0.25) is 5.02 Å². The lowest BCUT2D eigenvalue weighted by Crippen LogP contribution is -2.44. The van der Waals surface area contributed by atoms with Crippen LogP contribution in [0.4, 0.5) is 17.6 Å². The van der Waals surface area contributed by atoms with Crippen molar-refractivity contribution in [3.63, 3.8) is 0 Å². The van der Waals surface area contributed by atoms with E-state index in [1.807, 2.05) is 0 Å². The number of benzene rings is 2. The molecule has 6 rings (SSSR count). The number of fused-ring (bicyclic) bond motifs is 2. The van der Waals surface area contributed by atoms with E-state index in [0.29, 0.717) is 24.6 Å². The minimum Gasteiger partial charge on any atom is -0.494 e. The van der Waals surface area contributed by atoms with E-state index in [9.17, 15) is 32.3 Å². The van der Waals surface area contributed by atoms with Crippen LogP contribution in [-0.2, 0) is 22.0 Å². The quantitative estimate of drug-likeness (QED) is 0.219. The maximum absolute atomic E-state index is 14.5. The SMILES string of the molecule is COc1cc(C(=O)NCC(O)(c2cc3c(c(-c4ccc(Cl)c(F)c4)n2)OC[C@]3(C)C(N)=O)C2CC2)cc2cc(C(F)(F)F)cnc12. The van der Waals surface area contributed by atoms with E-state index in [1.165, 1.54) is 37.4 Å². The van der Waals surface area contributed by atoms with E-state index in [2.05, 4.69) is 15.3 Å². The van der Waals surface area contributed by atoms with Crippen molar-refractivity contribution >= 4 is 34.3 Å². The van der Waals surface area contributed by atoms with Crippen molar-refractivity contribution in [1.29, 1.82) is 0 Å². The van der Waals surface area contributed by atoms with Gasteiger partial charge in [-0.3, -0.25) is 14.6 Å². The third-order valence-electron chi connectivity index (χ3n) is 8.58. The van der Waals surface area contributed by atoms with Crippen molar-refractivity contribution in [2.45, 2.75) is 37.0 Å². The van der Waals surface area contributed by atoms with E-state index in [4.69, 9.17) is 26.8 Å². The lowest BCUT2D eigenvalue weighted by Gasteiger charge is -2.30. The van der Waals surface area contributed by atoms with Crippen LogP contribution in [0.25, 0.3) is 22.2 Å². The average molecular weight is 659 g/mol. The Morgan fingerprint density at radius 2 is 1.93 bits per heavy atom. The topological polar surface area (TPSA) is 137 Å². The summed E-state index contributed by atoms with van der Waals surface area (Å²) in [4.78, 5) is 34.5. The molecule has 1 aliphatic carbocycles. The van der Waals surface area contributed by atoms with Crippen LogP contribution in [0.1, 0.15) is 46.9 Å². The Labute approximate surface area is 264 Å². The number of hydrogen-bond acceptors (Lipinski definition) is 7. The number of halogens is 5. The Morgan fingerprint density at radius 1 is 1.20 bits per heavy atom. The van der Waals surface area contributed by atoms with Crippen LogP contribution >= 0.6 is 11.6 Å². The first-order valence-electron chi connectivity index (χ1n) is 14.2. The zero-order chi connectivity index (χ0) is 33.2. The minimum absolute atomic E-state index is 0.0300. The number of nitrogens with two attached hydrogens (primary N) is 1. The van der Waals surface area contributed by atoms with Crippen LogP contribution < -0.4 is 20.5 Å². The van der Waals surface area contributed by atoms with Crippen LogP contribution in [0.15, 0.2) is 48.7 Å². The summed E-state index contributed by atoms with van der Waals surface area (Å²) in [5, 5.41) is 14.7. The molecule has 1 unspecified atom stereocenters. The van der Waals surface area contributed by atoms with Crippen molar-refractivity contribution in [2.75, 3.05) is 20.3 Å². The zero-order valence-corrected chi connectivity index (χ0v) is 25.2. The van der Waals surface area contributed by atoms with Gasteiger partial charge in [0.15, 0.2) is 0 Å². The molecule has 4 aromatic rings. The number of nitrogens with one attached hydrogen (secondary N) is 1. The molecule has 1 saturated carbocycles. The third kappa shape index (κ3) is 5.36. The number of rotatable bonds is 8. The number of alkyl halides is 3. The molecule has 46 heavy (non-hydrogen) atoms. The highest BCUT2D eigenvalue weighted by molar-refractivity contribution is 6.30. The Bertz CT molecular complexity index is 1920. The first-order chi connectivity index (χ1) is 21.7. The zero-order valence-electron chi connectivity index (χ0n) is 24.5. The molecule has 2 aromatic carbocycles. The van der Waals surface area contributed by atoms with Gasteiger partial charge in [-0.2, -0.15) is 13.2 Å². The molecule has 0 bridgehead atoms. The summed E-state index contributed by atoms with van der Waals surface area (Å²) in [7, 11) is 1.30. The van der Waals surface area contributed by atoms with Crippen molar-refractivity contribution in [3.8, 4) is 22.8 Å². The Morgan fingerprint density at radius 3 is 2.57 bits per heavy atom. The highest BCUT2D eigenvalue weighted by atomic mass is 35.5. The number of primary amides is 1. The van der Waals surface area contributed by atoms with E-state index >= 15 is 0 Å². The Kier molecular flexibility index (Phi) is 7.59. The molecule has 1 fully saturated rings. The predicted octanol–water partition coefficient (Wildman–Crippen LogP) is 5.28. The molecule has 4 N–H and O–H groups in total. The van der Waals surface area contributed by atoms with Gasteiger partial charge in [-0.1, -0.05) is 17.7 Å². The van der Waals surface area contributed by atoms with E-state index in [1.54, 1.807) is 6.92 Å². The molecule has 9 nitrogen and oxygen atoms in total. The smallest absolute Gasteiger partial charge is 0.417 e. The Balaban J connectivity index is 1.39. The number of ether oxygens (including phenoxy) is 2. The summed E-state index contributed by atoms with van der Waals surface area (Å²) >= 11 is 5.90. The normalized spacial score (nSPS) is 18.9. The highest BCUT2D eigenvalue weighted by Gasteiger charge is 2.50. The fourth-order valence-electron chi connectivity index (χ4n) is 5.63. The molecule has 1 aliphatic heterocycles. The summed E-state index contributed by atoms with van der Waals surface area (Å²) in [6.45, 7) is 1.12. The first-order valence-corrected chi connectivity index (χ1v) is 14.5. The number of aliphatic hydroxyl groups is 1. The van der Waals surface area contributed by atoms with Crippen molar-refractivity contribution in [2.24, 2.45) is 11.7 Å². The lowest BCUT2D eigenvalue weighted by atomic mass is 9.81. The van der Waals surface area contributed by atoms with Crippen LogP contribution in [-0.4, -0.2) is 47.2 Å². The van der Waals surface area contributed by atoms with Gasteiger partial charge in [0.1, 0.15) is 46.1 Å². The van der Waals surface area contributed by atoms with Gasteiger partial charge in [0.2, 0.25) is 5.91 Å². The summed E-state index contributed by atoms with van der Waals surface area (Å²) in [5.74, 6) is -2.18. The Hall–Kier alpha value is -4.49. The second-order valence-electron chi connectivity index (χ2n) is 11.7. The number of amides is 2. The van der Waals surface area contributed by atoms with Crippen LogP contribution in [0.3, 0.4) is 0 Å². The maximum Gasteiger partial charge on any atom is 0.417 e. The average Bonchev–Trinajstić information content (AvgIpc) is 3.83. The van der Waals surface area contributed by atoms with Gasteiger partial charge in [0, 0.05) is 28.3 Å². The van der Waals surface area contributed by atoms with Gasteiger partial charge in [-0.05, 0) is 62.1 Å². The number of aromatic nitrogens is 2. The second-order valence-corrected chi connectivity index (χ2v) is 12.1. The molecular weight excluding hydrogens is 632 g/mol. The number of methoxy groups -OCH3 is 1. The van der Waals surface area contributed by atoms with Gasteiger partial charge in [-0.25, -0.2) is 9.37 Å². The predicted molar refractivity (Wildman–Crippen MR) is 159 cm³/mol. The van der Waals surface area contributed by atoms with Crippen molar-refractivity contribution in [1.82, 2.24) is 15.3 Å². The molecule has 14 heteroatoms. The second kappa shape index (κ2) is 11.1. The summed E-state index contributed by atoms with van der Waals surface area (Å²) in [5.41, 5.74) is 2.65. The summed E-state index contributed by atoms with van der Waals surface area (Å²) in [6.07, 6.45) is -2.78.